The SMILES string of the molecule is Cc1ccc(N)cc1NC(=O)c1cc(C2CC2)nc2onc(CC(C)(C)C)c12.Cl. The maximum Gasteiger partial charge on any atom is 0.259 e. The third-order valence-electron chi connectivity index (χ3n) is 4.98. The molecule has 1 saturated carbocycles. The molecular formula is C22H27ClN4O2. The van der Waals surface area contributed by atoms with E-state index in [0.29, 0.717) is 40.4 Å². The number of hydrogen-bond donors (Lipinski definition) is 2. The standard InChI is InChI=1S/C22H26N4O2.ClH/c1-12-5-8-14(23)9-16(12)24-20(27)15-10-17(13-6-7-13)25-21-19(15)18(26-28-21)11-22(2,3)4;/h5,8-10,13H,6-7,11,23H2,1-4H3,(H,24,27);1H. The minimum absolute atomic E-state index is 0. The summed E-state index contributed by atoms with van der Waals surface area (Å²) < 4.78 is 5.54. The number of nitrogens with two attached hydrogens (primary N) is 1. The molecule has 0 spiro atoms. The van der Waals surface area contributed by atoms with Crippen LogP contribution in [0.4, 0.5) is 11.4 Å². The van der Waals surface area contributed by atoms with Crippen LogP contribution >= 0.6 is 12.4 Å². The molecule has 0 aliphatic heterocycles. The van der Waals surface area contributed by atoms with E-state index in [1.54, 1.807) is 6.07 Å². The van der Waals surface area contributed by atoms with Gasteiger partial charge in [0.1, 0.15) is 0 Å². The van der Waals surface area contributed by atoms with Crippen LogP contribution in [0.15, 0.2) is 28.8 Å². The van der Waals surface area contributed by atoms with E-state index in [9.17, 15) is 4.79 Å². The first-order valence-electron chi connectivity index (χ1n) is 9.68. The summed E-state index contributed by atoms with van der Waals surface area (Å²) in [4.78, 5) is 17.9. The van der Waals surface area contributed by atoms with Crippen LogP contribution in [0, 0.1) is 12.3 Å². The minimum atomic E-state index is -0.193. The fourth-order valence-corrected chi connectivity index (χ4v) is 3.38. The molecule has 154 valence electrons. The van der Waals surface area contributed by atoms with Gasteiger partial charge in [-0.15, -0.1) is 12.4 Å². The lowest BCUT2D eigenvalue weighted by Crippen LogP contribution is -2.16. The number of carbonyl (C=O) groups excluding carboxylic acids is 1. The molecule has 1 aliphatic rings. The molecule has 0 atom stereocenters. The van der Waals surface area contributed by atoms with Crippen LogP contribution in [0.25, 0.3) is 11.1 Å². The number of fused-ring (bicyclic) bond motifs is 1. The number of nitrogens with zero attached hydrogens (tertiary/aromatic N) is 2. The molecule has 0 unspecified atom stereocenters. The molecule has 7 heteroatoms. The van der Waals surface area contributed by atoms with Crippen molar-refractivity contribution >= 4 is 40.8 Å². The number of rotatable bonds is 4. The number of nitrogen functional groups attached to an aromatic ring is 1. The third kappa shape index (κ3) is 4.53. The molecule has 1 amide bonds. The molecule has 0 radical (unpaired) electrons. The first kappa shape index (κ1) is 21.1. The van der Waals surface area contributed by atoms with Gasteiger partial charge in [0.05, 0.1) is 16.6 Å². The number of nitrogens with one attached hydrogen (secondary N) is 1. The molecule has 2 heterocycles. The summed E-state index contributed by atoms with van der Waals surface area (Å²) in [5.74, 6) is 0.211. The van der Waals surface area contributed by atoms with Gasteiger partial charge in [0.25, 0.3) is 11.6 Å². The van der Waals surface area contributed by atoms with E-state index in [4.69, 9.17) is 10.3 Å². The highest BCUT2D eigenvalue weighted by molar-refractivity contribution is 6.12. The fourth-order valence-electron chi connectivity index (χ4n) is 3.38. The van der Waals surface area contributed by atoms with E-state index in [-0.39, 0.29) is 23.7 Å². The minimum Gasteiger partial charge on any atom is -0.399 e. The van der Waals surface area contributed by atoms with E-state index in [1.165, 1.54) is 0 Å². The number of carbonyl (C=O) groups is 1. The summed E-state index contributed by atoms with van der Waals surface area (Å²) in [7, 11) is 0. The van der Waals surface area contributed by atoms with Gasteiger partial charge in [0.2, 0.25) is 0 Å². The van der Waals surface area contributed by atoms with Crippen LogP contribution in [0.5, 0.6) is 0 Å². The average molecular weight is 415 g/mol. The predicted molar refractivity (Wildman–Crippen MR) is 118 cm³/mol. The lowest BCUT2D eigenvalue weighted by Gasteiger charge is -2.16. The second-order valence-electron chi connectivity index (χ2n) is 8.94. The van der Waals surface area contributed by atoms with Gasteiger partial charge in [-0.2, -0.15) is 0 Å². The molecule has 6 nitrogen and oxygen atoms in total. The second-order valence-corrected chi connectivity index (χ2v) is 8.94. The zero-order chi connectivity index (χ0) is 20.1. The zero-order valence-electron chi connectivity index (χ0n) is 17.2. The van der Waals surface area contributed by atoms with Gasteiger partial charge in [0.15, 0.2) is 0 Å². The number of benzene rings is 1. The molecule has 0 saturated heterocycles. The van der Waals surface area contributed by atoms with E-state index < -0.39 is 0 Å². The highest BCUT2D eigenvalue weighted by atomic mass is 35.5. The van der Waals surface area contributed by atoms with Crippen molar-refractivity contribution in [2.75, 3.05) is 11.1 Å². The Balaban J connectivity index is 0.00000240. The lowest BCUT2D eigenvalue weighted by molar-refractivity contribution is 0.102. The van der Waals surface area contributed by atoms with E-state index in [0.717, 1.165) is 29.8 Å². The smallest absolute Gasteiger partial charge is 0.259 e. The molecule has 3 N–H and O–H groups in total. The predicted octanol–water partition coefficient (Wildman–Crippen LogP) is 5.25. The van der Waals surface area contributed by atoms with Crippen molar-refractivity contribution in [2.24, 2.45) is 5.41 Å². The van der Waals surface area contributed by atoms with Crippen molar-refractivity contribution in [3.8, 4) is 0 Å². The van der Waals surface area contributed by atoms with E-state index in [1.807, 2.05) is 25.1 Å². The largest absolute Gasteiger partial charge is 0.399 e. The third-order valence-corrected chi connectivity index (χ3v) is 4.98. The molecule has 2 aromatic heterocycles. The Hall–Kier alpha value is -2.60. The van der Waals surface area contributed by atoms with Crippen molar-refractivity contribution in [2.45, 2.75) is 52.9 Å². The van der Waals surface area contributed by atoms with Crippen LogP contribution in [0.3, 0.4) is 0 Å². The average Bonchev–Trinajstić information content (AvgIpc) is 3.39. The van der Waals surface area contributed by atoms with Gasteiger partial charge in [-0.25, -0.2) is 4.98 Å². The van der Waals surface area contributed by atoms with Crippen molar-refractivity contribution < 1.29 is 9.32 Å². The molecule has 1 fully saturated rings. The Morgan fingerprint density at radius 1 is 1.28 bits per heavy atom. The van der Waals surface area contributed by atoms with E-state index in [2.05, 4.69) is 36.2 Å². The monoisotopic (exact) mass is 414 g/mol. The van der Waals surface area contributed by atoms with Crippen molar-refractivity contribution in [1.82, 2.24) is 10.1 Å². The molecule has 1 aliphatic carbocycles. The Bertz CT molecular complexity index is 1060. The number of anilines is 2. The summed E-state index contributed by atoms with van der Waals surface area (Å²) in [6.45, 7) is 8.34. The van der Waals surface area contributed by atoms with Crippen molar-refractivity contribution in [3.05, 3.63) is 46.8 Å². The number of aromatic nitrogens is 2. The number of hydrogen-bond acceptors (Lipinski definition) is 5. The summed E-state index contributed by atoms with van der Waals surface area (Å²) in [6.07, 6.45) is 2.88. The summed E-state index contributed by atoms with van der Waals surface area (Å²) in [5.41, 5.74) is 10.9. The highest BCUT2D eigenvalue weighted by Crippen LogP contribution is 2.41. The van der Waals surface area contributed by atoms with Crippen LogP contribution in [-0.4, -0.2) is 16.0 Å². The Kier molecular flexibility index (Phi) is 5.59. The van der Waals surface area contributed by atoms with Crippen molar-refractivity contribution in [1.29, 1.82) is 0 Å². The Morgan fingerprint density at radius 2 is 2.00 bits per heavy atom. The van der Waals surface area contributed by atoms with Crippen molar-refractivity contribution in [3.63, 3.8) is 0 Å². The van der Waals surface area contributed by atoms with Gasteiger partial charge in [-0.1, -0.05) is 32.0 Å². The maximum atomic E-state index is 13.3. The van der Waals surface area contributed by atoms with E-state index >= 15 is 0 Å². The van der Waals surface area contributed by atoms with Crippen LogP contribution in [0.2, 0.25) is 0 Å². The van der Waals surface area contributed by atoms with Gasteiger partial charge in [0, 0.05) is 23.0 Å². The molecule has 29 heavy (non-hydrogen) atoms. The van der Waals surface area contributed by atoms with Gasteiger partial charge < -0.3 is 15.6 Å². The molecular weight excluding hydrogens is 388 g/mol. The molecule has 3 aromatic rings. The molecule has 0 bridgehead atoms. The topological polar surface area (TPSA) is 94.0 Å². The number of halogens is 1. The fraction of sp³-hybridized carbons (Fsp3) is 0.409. The Morgan fingerprint density at radius 3 is 2.66 bits per heavy atom. The number of aryl methyl sites for hydroxylation is 1. The molecule has 4 rings (SSSR count). The second kappa shape index (κ2) is 7.67. The summed E-state index contributed by atoms with van der Waals surface area (Å²) in [5, 5.41) is 7.96. The first-order valence-corrected chi connectivity index (χ1v) is 9.68. The first-order chi connectivity index (χ1) is 13.2. The zero-order valence-corrected chi connectivity index (χ0v) is 18.0. The Labute approximate surface area is 176 Å². The summed E-state index contributed by atoms with van der Waals surface area (Å²) >= 11 is 0. The molecule has 1 aromatic carbocycles. The summed E-state index contributed by atoms with van der Waals surface area (Å²) in [6, 6.07) is 7.40. The highest BCUT2D eigenvalue weighted by Gasteiger charge is 2.30. The normalized spacial score (nSPS) is 13.9. The van der Waals surface area contributed by atoms with Gasteiger partial charge in [-0.3, -0.25) is 4.79 Å². The maximum absolute atomic E-state index is 13.3. The quantitative estimate of drug-likeness (QED) is 0.568. The van der Waals surface area contributed by atoms with Crippen LogP contribution in [-0.2, 0) is 6.42 Å². The van der Waals surface area contributed by atoms with Crippen LogP contribution < -0.4 is 11.1 Å². The van der Waals surface area contributed by atoms with Gasteiger partial charge in [-0.05, 0) is 55.4 Å². The van der Waals surface area contributed by atoms with Crippen LogP contribution in [0.1, 0.15) is 66.8 Å². The van der Waals surface area contributed by atoms with Gasteiger partial charge >= 0.3 is 0 Å². The number of amides is 1. The number of pyridine rings is 1. The lowest BCUT2D eigenvalue weighted by atomic mass is 9.89.